The molecule has 100 valence electrons. The number of amides is 1. The van der Waals surface area contributed by atoms with Crippen LogP contribution in [0.2, 0.25) is 0 Å². The molecule has 18 heavy (non-hydrogen) atoms. The minimum absolute atomic E-state index is 0.301. The fourth-order valence-corrected chi connectivity index (χ4v) is 1.40. The number of anilines is 1. The van der Waals surface area contributed by atoms with Gasteiger partial charge in [0.25, 0.3) is 0 Å². The van der Waals surface area contributed by atoms with Crippen molar-refractivity contribution in [2.45, 2.75) is 32.8 Å². The Labute approximate surface area is 106 Å². The Balaban J connectivity index is 2.42. The van der Waals surface area contributed by atoms with Crippen molar-refractivity contribution in [1.82, 2.24) is 5.32 Å². The summed E-state index contributed by atoms with van der Waals surface area (Å²) in [7, 11) is 0. The van der Waals surface area contributed by atoms with Crippen LogP contribution in [0.3, 0.4) is 0 Å². The molecule has 1 amide bonds. The zero-order valence-electron chi connectivity index (χ0n) is 10.9. The van der Waals surface area contributed by atoms with E-state index in [1.165, 1.54) is 12.1 Å². The van der Waals surface area contributed by atoms with Gasteiger partial charge in [0, 0.05) is 12.2 Å². The Morgan fingerprint density at radius 2 is 2.11 bits per heavy atom. The fraction of sp³-hybridized carbons (Fsp3) is 0.462. The van der Waals surface area contributed by atoms with Crippen LogP contribution in [0.1, 0.15) is 26.3 Å². The molecule has 5 heteroatoms. The van der Waals surface area contributed by atoms with E-state index < -0.39 is 11.7 Å². The monoisotopic (exact) mass is 254 g/mol. The molecule has 1 rings (SSSR count). The highest BCUT2D eigenvalue weighted by molar-refractivity contribution is 5.67. The Morgan fingerprint density at radius 1 is 1.44 bits per heavy atom. The van der Waals surface area contributed by atoms with Crippen molar-refractivity contribution in [3.63, 3.8) is 0 Å². The Bertz CT molecular complexity index is 427. The van der Waals surface area contributed by atoms with E-state index in [0.29, 0.717) is 24.2 Å². The zero-order valence-corrected chi connectivity index (χ0v) is 10.9. The average Bonchev–Trinajstić information content (AvgIpc) is 2.20. The van der Waals surface area contributed by atoms with Crippen molar-refractivity contribution < 1.29 is 13.9 Å². The summed E-state index contributed by atoms with van der Waals surface area (Å²) in [5, 5.41) is 2.57. The van der Waals surface area contributed by atoms with Crippen LogP contribution in [-0.2, 0) is 11.2 Å². The SMILES string of the molecule is CC(C)(C)OC(=O)NCCc1cc(N)ccc1F. The maximum absolute atomic E-state index is 13.4. The predicted octanol–water partition coefficient (Wildman–Crippen LogP) is 2.48. The van der Waals surface area contributed by atoms with Crippen molar-refractivity contribution in [1.29, 1.82) is 0 Å². The minimum atomic E-state index is -0.535. The van der Waals surface area contributed by atoms with E-state index in [4.69, 9.17) is 10.5 Å². The van der Waals surface area contributed by atoms with E-state index in [2.05, 4.69) is 5.32 Å². The third-order valence-corrected chi connectivity index (χ3v) is 2.13. The van der Waals surface area contributed by atoms with Gasteiger partial charge in [0.1, 0.15) is 11.4 Å². The standard InChI is InChI=1S/C13H19FN2O2/c1-13(2,3)18-12(17)16-7-6-9-8-10(15)4-5-11(9)14/h4-5,8H,6-7,15H2,1-3H3,(H,16,17). The lowest BCUT2D eigenvalue weighted by Crippen LogP contribution is -2.33. The number of rotatable bonds is 3. The van der Waals surface area contributed by atoms with Crippen molar-refractivity contribution in [2.75, 3.05) is 12.3 Å². The lowest BCUT2D eigenvalue weighted by atomic mass is 10.1. The number of ether oxygens (including phenoxy) is 1. The second kappa shape index (κ2) is 5.71. The number of carbonyl (C=O) groups excluding carboxylic acids is 1. The first-order chi connectivity index (χ1) is 8.28. The molecular weight excluding hydrogens is 235 g/mol. The molecule has 0 radical (unpaired) electrons. The van der Waals surface area contributed by atoms with Crippen LogP contribution < -0.4 is 11.1 Å². The predicted molar refractivity (Wildman–Crippen MR) is 68.8 cm³/mol. The molecular formula is C13H19FN2O2. The maximum atomic E-state index is 13.4. The number of carbonyl (C=O) groups is 1. The first-order valence-corrected chi connectivity index (χ1v) is 5.79. The molecule has 4 nitrogen and oxygen atoms in total. The van der Waals surface area contributed by atoms with Crippen LogP contribution in [-0.4, -0.2) is 18.2 Å². The Hall–Kier alpha value is -1.78. The summed E-state index contributed by atoms with van der Waals surface area (Å²) >= 11 is 0. The number of nitrogens with one attached hydrogen (secondary N) is 1. The second-order valence-corrected chi connectivity index (χ2v) is 5.03. The van der Waals surface area contributed by atoms with Crippen LogP contribution in [0.15, 0.2) is 18.2 Å². The van der Waals surface area contributed by atoms with Gasteiger partial charge in [-0.3, -0.25) is 0 Å². The first kappa shape index (κ1) is 14.3. The third-order valence-electron chi connectivity index (χ3n) is 2.13. The molecule has 1 aromatic carbocycles. The number of nitrogen functional groups attached to an aromatic ring is 1. The molecule has 0 fully saturated rings. The van der Waals surface area contributed by atoms with Gasteiger partial charge in [-0.2, -0.15) is 0 Å². The van der Waals surface area contributed by atoms with Gasteiger partial charge in [-0.1, -0.05) is 0 Å². The van der Waals surface area contributed by atoms with E-state index in [-0.39, 0.29) is 5.82 Å². The summed E-state index contributed by atoms with van der Waals surface area (Å²) in [5.41, 5.74) is 6.01. The number of benzene rings is 1. The molecule has 0 spiro atoms. The molecule has 1 aromatic rings. The number of halogens is 1. The Kier molecular flexibility index (Phi) is 4.53. The van der Waals surface area contributed by atoms with Gasteiger partial charge in [0.2, 0.25) is 0 Å². The van der Waals surface area contributed by atoms with Crippen molar-refractivity contribution in [2.24, 2.45) is 0 Å². The highest BCUT2D eigenvalue weighted by atomic mass is 19.1. The normalized spacial score (nSPS) is 11.1. The van der Waals surface area contributed by atoms with E-state index in [1.54, 1.807) is 26.8 Å². The molecule has 0 saturated heterocycles. The molecule has 0 aromatic heterocycles. The molecule has 3 N–H and O–H groups in total. The van der Waals surface area contributed by atoms with E-state index in [1.807, 2.05) is 0 Å². The van der Waals surface area contributed by atoms with Crippen LogP contribution in [0.4, 0.5) is 14.9 Å². The van der Waals surface area contributed by atoms with Crippen molar-refractivity contribution >= 4 is 11.8 Å². The minimum Gasteiger partial charge on any atom is -0.444 e. The number of hydrogen-bond donors (Lipinski definition) is 2. The van der Waals surface area contributed by atoms with Crippen molar-refractivity contribution in [3.8, 4) is 0 Å². The summed E-state index contributed by atoms with van der Waals surface area (Å²) in [6, 6.07) is 4.38. The molecule has 0 aliphatic rings. The van der Waals surface area contributed by atoms with E-state index in [0.717, 1.165) is 0 Å². The van der Waals surface area contributed by atoms with Crippen LogP contribution in [0, 0.1) is 5.82 Å². The van der Waals surface area contributed by atoms with Gasteiger partial charge in [0.15, 0.2) is 0 Å². The highest BCUT2D eigenvalue weighted by Gasteiger charge is 2.15. The molecule has 0 unspecified atom stereocenters. The lowest BCUT2D eigenvalue weighted by molar-refractivity contribution is 0.0528. The van der Waals surface area contributed by atoms with Gasteiger partial charge < -0.3 is 15.8 Å². The van der Waals surface area contributed by atoms with Gasteiger partial charge in [-0.15, -0.1) is 0 Å². The average molecular weight is 254 g/mol. The topological polar surface area (TPSA) is 64.3 Å². The van der Waals surface area contributed by atoms with E-state index >= 15 is 0 Å². The van der Waals surface area contributed by atoms with E-state index in [9.17, 15) is 9.18 Å². The quantitative estimate of drug-likeness (QED) is 0.814. The molecule has 0 aliphatic carbocycles. The number of nitrogens with two attached hydrogens (primary N) is 1. The van der Waals surface area contributed by atoms with Crippen molar-refractivity contribution in [3.05, 3.63) is 29.6 Å². The van der Waals surface area contributed by atoms with Gasteiger partial charge in [0.05, 0.1) is 0 Å². The zero-order chi connectivity index (χ0) is 13.8. The maximum Gasteiger partial charge on any atom is 0.407 e. The van der Waals surface area contributed by atoms with Crippen LogP contribution >= 0.6 is 0 Å². The summed E-state index contributed by atoms with van der Waals surface area (Å²) in [6.45, 7) is 5.65. The summed E-state index contributed by atoms with van der Waals surface area (Å²) in [4.78, 5) is 11.3. The fourth-order valence-electron chi connectivity index (χ4n) is 1.40. The smallest absolute Gasteiger partial charge is 0.407 e. The summed E-state index contributed by atoms with van der Waals surface area (Å²) in [5.74, 6) is -0.324. The van der Waals surface area contributed by atoms with Crippen LogP contribution in [0.25, 0.3) is 0 Å². The van der Waals surface area contributed by atoms with Crippen LogP contribution in [0.5, 0.6) is 0 Å². The largest absolute Gasteiger partial charge is 0.444 e. The first-order valence-electron chi connectivity index (χ1n) is 5.79. The number of hydrogen-bond acceptors (Lipinski definition) is 3. The molecule has 0 heterocycles. The molecule has 0 atom stereocenters. The van der Waals surface area contributed by atoms with Gasteiger partial charge in [-0.25, -0.2) is 9.18 Å². The Morgan fingerprint density at radius 3 is 2.72 bits per heavy atom. The highest BCUT2D eigenvalue weighted by Crippen LogP contribution is 2.12. The van der Waals surface area contributed by atoms with Gasteiger partial charge >= 0.3 is 6.09 Å². The van der Waals surface area contributed by atoms with Gasteiger partial charge in [-0.05, 0) is 51.0 Å². The molecule has 0 bridgehead atoms. The summed E-state index contributed by atoms with van der Waals surface area (Å²) in [6.07, 6.45) is -0.136. The summed E-state index contributed by atoms with van der Waals surface area (Å²) < 4.78 is 18.4. The lowest BCUT2D eigenvalue weighted by Gasteiger charge is -2.19. The molecule has 0 aliphatic heterocycles. The number of alkyl carbamates (subject to hydrolysis) is 1. The second-order valence-electron chi connectivity index (χ2n) is 5.03. The third kappa shape index (κ3) is 5.03. The molecule has 0 saturated carbocycles.